The number of halogens is 3. The molecule has 1 N–H and O–H groups in total. The average molecular weight is 504 g/mol. The minimum atomic E-state index is -1.49. The fourth-order valence-electron chi connectivity index (χ4n) is 4.18. The molecule has 1 atom stereocenters. The summed E-state index contributed by atoms with van der Waals surface area (Å²) < 4.78 is 41.6. The van der Waals surface area contributed by atoms with Crippen LogP contribution in [0, 0.1) is 23.4 Å². The van der Waals surface area contributed by atoms with Gasteiger partial charge in [0.1, 0.15) is 11.7 Å². The summed E-state index contributed by atoms with van der Waals surface area (Å²) in [7, 11) is 1.74. The fourth-order valence-corrected chi connectivity index (χ4v) is 4.18. The van der Waals surface area contributed by atoms with E-state index in [2.05, 4.69) is 29.2 Å². The van der Waals surface area contributed by atoms with Gasteiger partial charge in [-0.1, -0.05) is 28.2 Å². The second-order valence-corrected chi connectivity index (χ2v) is 9.04. The van der Waals surface area contributed by atoms with Crippen LogP contribution in [-0.2, 0) is 17.9 Å². The van der Waals surface area contributed by atoms with E-state index in [1.54, 1.807) is 30.5 Å². The predicted molar refractivity (Wildman–Crippen MR) is 133 cm³/mol. The SMILES string of the molecule is C.CC[C@H]1C(=O)N(C)c2cnc(NCc3cnn(Cc4cc(F)c(F)c(F)c4)c3)nc2N1CC(C)C. The van der Waals surface area contributed by atoms with Crippen LogP contribution in [0.2, 0.25) is 0 Å². The van der Waals surface area contributed by atoms with Crippen LogP contribution in [0.3, 0.4) is 0 Å². The summed E-state index contributed by atoms with van der Waals surface area (Å²) in [6.07, 6.45) is 5.65. The van der Waals surface area contributed by atoms with Crippen molar-refractivity contribution in [1.82, 2.24) is 19.7 Å². The quantitative estimate of drug-likeness (QED) is 0.453. The van der Waals surface area contributed by atoms with Gasteiger partial charge in [-0.15, -0.1) is 0 Å². The number of amides is 1. The number of carbonyl (C=O) groups is 1. The molecule has 0 unspecified atom stereocenters. The number of benzene rings is 1. The Morgan fingerprint density at radius 3 is 2.44 bits per heavy atom. The number of anilines is 3. The maximum atomic E-state index is 13.5. The Bertz CT molecular complexity index is 1210. The number of likely N-dealkylation sites (N-methyl/N-ethyl adjacent to an activating group) is 1. The average Bonchev–Trinajstić information content (AvgIpc) is 3.26. The lowest BCUT2D eigenvalue weighted by Crippen LogP contribution is -2.53. The maximum absolute atomic E-state index is 13.5. The zero-order valence-corrected chi connectivity index (χ0v) is 20.1. The number of nitrogens with one attached hydrogen (secondary N) is 1. The summed E-state index contributed by atoms with van der Waals surface area (Å²) in [5.74, 6) is -2.47. The molecule has 0 fully saturated rings. The van der Waals surface area contributed by atoms with E-state index in [9.17, 15) is 18.0 Å². The zero-order chi connectivity index (χ0) is 25.3. The van der Waals surface area contributed by atoms with Crippen molar-refractivity contribution in [3.63, 3.8) is 0 Å². The van der Waals surface area contributed by atoms with Crippen molar-refractivity contribution in [3.8, 4) is 0 Å². The highest BCUT2D eigenvalue weighted by molar-refractivity contribution is 6.04. The van der Waals surface area contributed by atoms with Crippen LogP contribution in [0.5, 0.6) is 0 Å². The highest BCUT2D eigenvalue weighted by Gasteiger charge is 2.37. The van der Waals surface area contributed by atoms with E-state index in [1.165, 1.54) is 4.68 Å². The number of carbonyl (C=O) groups excluding carboxylic acids is 1. The molecule has 1 aromatic carbocycles. The number of rotatable bonds is 8. The summed E-state index contributed by atoms with van der Waals surface area (Å²) in [5, 5.41) is 7.38. The molecule has 3 aromatic rings. The molecule has 3 heterocycles. The summed E-state index contributed by atoms with van der Waals surface area (Å²) in [6.45, 7) is 7.33. The van der Waals surface area contributed by atoms with Gasteiger partial charge < -0.3 is 15.1 Å². The molecule has 0 bridgehead atoms. The minimum absolute atomic E-state index is 0. The van der Waals surface area contributed by atoms with Crippen molar-refractivity contribution in [1.29, 1.82) is 0 Å². The molecule has 8 nitrogen and oxygen atoms in total. The molecule has 2 aromatic heterocycles. The smallest absolute Gasteiger partial charge is 0.249 e. The predicted octanol–water partition coefficient (Wildman–Crippen LogP) is 4.60. The molecule has 0 saturated heterocycles. The van der Waals surface area contributed by atoms with E-state index in [4.69, 9.17) is 4.98 Å². The van der Waals surface area contributed by atoms with Crippen molar-refractivity contribution in [3.05, 3.63) is 59.3 Å². The van der Waals surface area contributed by atoms with Crippen LogP contribution >= 0.6 is 0 Å². The third-order valence-electron chi connectivity index (χ3n) is 5.85. The Labute approximate surface area is 209 Å². The van der Waals surface area contributed by atoms with E-state index in [-0.39, 0.29) is 31.5 Å². The van der Waals surface area contributed by atoms with Crippen LogP contribution in [0.4, 0.5) is 30.6 Å². The van der Waals surface area contributed by atoms with Gasteiger partial charge in [0.15, 0.2) is 23.3 Å². The second-order valence-electron chi connectivity index (χ2n) is 9.04. The summed E-state index contributed by atoms with van der Waals surface area (Å²) >= 11 is 0. The Morgan fingerprint density at radius 2 is 1.81 bits per heavy atom. The van der Waals surface area contributed by atoms with Crippen molar-refractivity contribution in [2.24, 2.45) is 5.92 Å². The fraction of sp³-hybridized carbons (Fsp3) is 0.440. The highest BCUT2D eigenvalue weighted by atomic mass is 19.2. The lowest BCUT2D eigenvalue weighted by Gasteiger charge is -2.41. The molecule has 1 aliphatic heterocycles. The van der Waals surface area contributed by atoms with Crippen molar-refractivity contribution in [2.45, 2.75) is 53.8 Å². The van der Waals surface area contributed by atoms with E-state index < -0.39 is 17.5 Å². The van der Waals surface area contributed by atoms with E-state index in [0.29, 0.717) is 42.9 Å². The molecule has 0 saturated carbocycles. The Morgan fingerprint density at radius 1 is 1.11 bits per heavy atom. The molecule has 4 rings (SSSR count). The van der Waals surface area contributed by atoms with Crippen molar-refractivity contribution < 1.29 is 18.0 Å². The van der Waals surface area contributed by atoms with Gasteiger partial charge in [0, 0.05) is 31.9 Å². The molecule has 1 aliphatic rings. The first kappa shape index (κ1) is 27.0. The molecule has 0 aliphatic carbocycles. The summed E-state index contributed by atoms with van der Waals surface area (Å²) in [6, 6.07) is 1.62. The van der Waals surface area contributed by atoms with Gasteiger partial charge in [-0.05, 0) is 30.0 Å². The molecular formula is C25H32F3N7O. The van der Waals surface area contributed by atoms with Gasteiger partial charge in [0.05, 0.1) is 18.9 Å². The standard InChI is InChI=1S/C24H28F3N7O.CH4/c1-5-19-23(35)32(4)20-10-29-24(31-22(20)34(19)11-14(2)3)28-8-16-9-30-33(13-16)12-15-6-17(25)21(27)18(26)7-15;/h6-7,9-10,13-14,19H,5,8,11-12H2,1-4H3,(H,28,29,31);1H4/t19-;/m0./s1. The first-order valence-electron chi connectivity index (χ1n) is 11.5. The van der Waals surface area contributed by atoms with Crippen LogP contribution in [0.1, 0.15) is 45.7 Å². The minimum Gasteiger partial charge on any atom is -0.350 e. The molecule has 0 radical (unpaired) electrons. The molecule has 1 amide bonds. The Kier molecular flexibility index (Phi) is 8.21. The Balaban J connectivity index is 0.00000361. The van der Waals surface area contributed by atoms with Gasteiger partial charge >= 0.3 is 0 Å². The van der Waals surface area contributed by atoms with E-state index >= 15 is 0 Å². The van der Waals surface area contributed by atoms with Gasteiger partial charge in [0.2, 0.25) is 11.9 Å². The monoisotopic (exact) mass is 503 g/mol. The van der Waals surface area contributed by atoms with Crippen LogP contribution in [-0.4, -0.2) is 45.3 Å². The van der Waals surface area contributed by atoms with Crippen LogP contribution in [0.25, 0.3) is 0 Å². The third-order valence-corrected chi connectivity index (χ3v) is 5.85. The van der Waals surface area contributed by atoms with E-state index in [0.717, 1.165) is 17.7 Å². The molecule has 194 valence electrons. The number of hydrogen-bond acceptors (Lipinski definition) is 6. The molecule has 11 heteroatoms. The first-order chi connectivity index (χ1) is 16.7. The number of hydrogen-bond donors (Lipinski definition) is 1. The van der Waals surface area contributed by atoms with Gasteiger partial charge in [-0.2, -0.15) is 10.1 Å². The summed E-state index contributed by atoms with van der Waals surface area (Å²) in [5.41, 5.74) is 1.72. The summed E-state index contributed by atoms with van der Waals surface area (Å²) in [4.78, 5) is 25.6. The highest BCUT2D eigenvalue weighted by Crippen LogP contribution is 2.35. The topological polar surface area (TPSA) is 79.2 Å². The van der Waals surface area contributed by atoms with Gasteiger partial charge in [-0.3, -0.25) is 9.48 Å². The maximum Gasteiger partial charge on any atom is 0.249 e. The van der Waals surface area contributed by atoms with Crippen molar-refractivity contribution >= 4 is 23.4 Å². The van der Waals surface area contributed by atoms with Crippen LogP contribution in [0.15, 0.2) is 30.7 Å². The van der Waals surface area contributed by atoms with Gasteiger partial charge in [-0.25, -0.2) is 18.2 Å². The Hall–Kier alpha value is -3.63. The van der Waals surface area contributed by atoms with Gasteiger partial charge in [0.25, 0.3) is 0 Å². The molecule has 0 spiro atoms. The second kappa shape index (κ2) is 11.0. The zero-order valence-electron chi connectivity index (χ0n) is 20.1. The third kappa shape index (κ3) is 5.44. The largest absolute Gasteiger partial charge is 0.350 e. The molecular weight excluding hydrogens is 471 g/mol. The first-order valence-corrected chi connectivity index (χ1v) is 11.5. The molecule has 36 heavy (non-hydrogen) atoms. The number of aromatic nitrogens is 4. The van der Waals surface area contributed by atoms with Crippen LogP contribution < -0.4 is 15.1 Å². The number of nitrogens with zero attached hydrogens (tertiary/aromatic N) is 6. The van der Waals surface area contributed by atoms with Crippen molar-refractivity contribution in [2.75, 3.05) is 28.7 Å². The lowest BCUT2D eigenvalue weighted by molar-refractivity contribution is -0.120. The van der Waals surface area contributed by atoms with E-state index in [1.807, 2.05) is 11.8 Å². The number of fused-ring (bicyclic) bond motifs is 1. The normalized spacial score (nSPS) is 15.2. The lowest BCUT2D eigenvalue weighted by atomic mass is 10.1.